The summed E-state index contributed by atoms with van der Waals surface area (Å²) in [6, 6.07) is 15.7. The molecule has 1 unspecified atom stereocenters. The number of hydrogen-bond acceptors (Lipinski definition) is 5. The minimum absolute atomic E-state index is 0.0700. The Morgan fingerprint density at radius 2 is 1.90 bits per heavy atom. The summed E-state index contributed by atoms with van der Waals surface area (Å²) in [6.07, 6.45) is 4.37. The van der Waals surface area contributed by atoms with Gasteiger partial charge in [-0.25, -0.2) is 4.98 Å². The molecule has 5 rings (SSSR count). The molecule has 0 saturated carbocycles. The maximum atomic E-state index is 12.9. The van der Waals surface area contributed by atoms with Gasteiger partial charge in [-0.1, -0.05) is 30.0 Å². The summed E-state index contributed by atoms with van der Waals surface area (Å²) in [5.41, 5.74) is 4.23. The number of nitrogens with zero attached hydrogens (tertiary/aromatic N) is 2. The first-order valence-electron chi connectivity index (χ1n) is 10.2. The Morgan fingerprint density at radius 1 is 1.10 bits per heavy atom. The van der Waals surface area contributed by atoms with E-state index in [1.54, 1.807) is 6.07 Å². The Kier molecular flexibility index (Phi) is 5.12. The maximum Gasteiger partial charge on any atom is 0.237 e. The van der Waals surface area contributed by atoms with E-state index in [1.807, 2.05) is 37.3 Å². The van der Waals surface area contributed by atoms with Gasteiger partial charge in [-0.05, 0) is 56.9 Å². The molecule has 2 aliphatic rings. The van der Waals surface area contributed by atoms with Crippen LogP contribution in [0.4, 0.5) is 5.69 Å². The Labute approximate surface area is 179 Å². The number of para-hydroxylation sites is 1. The predicted octanol–water partition coefficient (Wildman–Crippen LogP) is 4.60. The Bertz CT molecular complexity index is 1080. The van der Waals surface area contributed by atoms with E-state index in [4.69, 9.17) is 14.5 Å². The molecule has 0 spiro atoms. The average molecular weight is 422 g/mol. The highest BCUT2D eigenvalue weighted by Gasteiger charge is 2.25. The van der Waals surface area contributed by atoms with E-state index in [9.17, 15) is 4.79 Å². The molecule has 0 saturated heterocycles. The van der Waals surface area contributed by atoms with Crippen molar-refractivity contribution in [2.24, 2.45) is 0 Å². The molecule has 6 nitrogen and oxygen atoms in total. The summed E-state index contributed by atoms with van der Waals surface area (Å²) in [5.74, 6) is 1.28. The number of carbonyl (C=O) groups excluding carboxylic acids is 1. The number of amides is 1. The molecule has 2 aromatic carbocycles. The van der Waals surface area contributed by atoms with Crippen LogP contribution in [-0.4, -0.2) is 27.5 Å². The highest BCUT2D eigenvalue weighted by Crippen LogP contribution is 2.35. The lowest BCUT2D eigenvalue weighted by molar-refractivity contribution is -0.115. The number of benzene rings is 2. The van der Waals surface area contributed by atoms with Crippen LogP contribution >= 0.6 is 11.8 Å². The quantitative estimate of drug-likeness (QED) is 0.610. The van der Waals surface area contributed by atoms with Gasteiger partial charge in [-0.15, -0.1) is 0 Å². The van der Waals surface area contributed by atoms with Crippen LogP contribution in [0.25, 0.3) is 5.69 Å². The lowest BCUT2D eigenvalue weighted by atomic mass is 10.0. The zero-order valence-corrected chi connectivity index (χ0v) is 17.6. The number of ether oxygens (including phenoxy) is 2. The largest absolute Gasteiger partial charge is 0.454 e. The van der Waals surface area contributed by atoms with Crippen molar-refractivity contribution < 1.29 is 14.3 Å². The fraction of sp³-hybridized carbons (Fsp3) is 0.304. The van der Waals surface area contributed by atoms with Crippen LogP contribution in [0.3, 0.4) is 0 Å². The molecule has 1 aliphatic heterocycles. The lowest BCUT2D eigenvalue weighted by Crippen LogP contribution is -2.23. The first kappa shape index (κ1) is 19.1. The van der Waals surface area contributed by atoms with Gasteiger partial charge in [-0.2, -0.15) is 0 Å². The van der Waals surface area contributed by atoms with E-state index >= 15 is 0 Å². The van der Waals surface area contributed by atoms with Crippen molar-refractivity contribution in [2.45, 2.75) is 43.0 Å². The molecule has 7 heteroatoms. The molecular formula is C23H23N3O3S. The predicted molar refractivity (Wildman–Crippen MR) is 117 cm³/mol. The van der Waals surface area contributed by atoms with Crippen LogP contribution in [0.15, 0.2) is 53.7 Å². The molecule has 1 amide bonds. The molecule has 1 aliphatic carbocycles. The molecule has 1 N–H and O–H groups in total. The molecule has 154 valence electrons. The van der Waals surface area contributed by atoms with Gasteiger partial charge in [-0.3, -0.25) is 9.36 Å². The second-order valence-corrected chi connectivity index (χ2v) is 8.79. The van der Waals surface area contributed by atoms with Crippen molar-refractivity contribution in [1.82, 2.24) is 9.55 Å². The summed E-state index contributed by atoms with van der Waals surface area (Å²) >= 11 is 1.50. The number of thioether (sulfide) groups is 1. The van der Waals surface area contributed by atoms with Gasteiger partial charge in [0.1, 0.15) is 0 Å². The normalized spacial score (nSPS) is 15.5. The van der Waals surface area contributed by atoms with Gasteiger partial charge in [0.2, 0.25) is 12.7 Å². The Balaban J connectivity index is 1.37. The highest BCUT2D eigenvalue weighted by molar-refractivity contribution is 8.00. The minimum Gasteiger partial charge on any atom is -0.454 e. The zero-order valence-electron chi connectivity index (χ0n) is 16.8. The SMILES string of the molecule is CC(Sc1nc2c(n1-c1ccccc1)CCCC2)C(=O)Nc1ccc2c(c1)OCO2. The molecule has 0 radical (unpaired) electrons. The standard InChI is InChI=1S/C23H23N3O3S/c1-15(22(27)24-16-11-12-20-21(13-16)29-14-28-20)30-23-25-18-9-5-6-10-19(18)26(23)17-7-3-2-4-8-17/h2-4,7-8,11-13,15H,5-6,9-10,14H2,1H3,(H,24,27). The third-order valence-corrected chi connectivity index (χ3v) is 6.46. The molecular weight excluding hydrogens is 398 g/mol. The second kappa shape index (κ2) is 8.07. The average Bonchev–Trinajstić information content (AvgIpc) is 3.38. The highest BCUT2D eigenvalue weighted by atomic mass is 32.2. The van der Waals surface area contributed by atoms with Crippen molar-refractivity contribution in [3.05, 3.63) is 59.9 Å². The number of hydrogen-bond donors (Lipinski definition) is 1. The first-order valence-corrected chi connectivity index (χ1v) is 11.1. The molecule has 3 aromatic rings. The minimum atomic E-state index is -0.304. The van der Waals surface area contributed by atoms with Gasteiger partial charge in [0.15, 0.2) is 16.7 Å². The number of aromatic nitrogens is 2. The van der Waals surface area contributed by atoms with E-state index < -0.39 is 0 Å². The molecule has 2 heterocycles. The van der Waals surface area contributed by atoms with Crippen molar-refractivity contribution in [2.75, 3.05) is 12.1 Å². The van der Waals surface area contributed by atoms with Crippen molar-refractivity contribution in [1.29, 1.82) is 0 Å². The van der Waals surface area contributed by atoms with Crippen molar-refractivity contribution in [3.8, 4) is 17.2 Å². The maximum absolute atomic E-state index is 12.9. The smallest absolute Gasteiger partial charge is 0.237 e. The third-order valence-electron chi connectivity index (χ3n) is 5.41. The number of fused-ring (bicyclic) bond motifs is 2. The van der Waals surface area contributed by atoms with Gasteiger partial charge >= 0.3 is 0 Å². The first-order chi connectivity index (χ1) is 14.7. The van der Waals surface area contributed by atoms with Gasteiger partial charge in [0.05, 0.1) is 10.9 Å². The van der Waals surface area contributed by atoms with Crippen LogP contribution in [0.1, 0.15) is 31.2 Å². The fourth-order valence-corrected chi connectivity index (χ4v) is 4.83. The number of carbonyl (C=O) groups is 1. The summed E-state index contributed by atoms with van der Waals surface area (Å²) < 4.78 is 13.0. The lowest BCUT2D eigenvalue weighted by Gasteiger charge is -2.16. The molecule has 0 fully saturated rings. The molecule has 1 aromatic heterocycles. The third kappa shape index (κ3) is 3.65. The van der Waals surface area contributed by atoms with Crippen LogP contribution in [0.2, 0.25) is 0 Å². The van der Waals surface area contributed by atoms with Crippen LogP contribution in [0, 0.1) is 0 Å². The van der Waals surface area contributed by atoms with E-state index in [-0.39, 0.29) is 18.0 Å². The van der Waals surface area contributed by atoms with E-state index in [1.165, 1.54) is 30.3 Å². The Morgan fingerprint density at radius 3 is 2.77 bits per heavy atom. The number of aryl methyl sites for hydroxylation is 1. The second-order valence-electron chi connectivity index (χ2n) is 7.48. The van der Waals surface area contributed by atoms with E-state index in [0.29, 0.717) is 17.2 Å². The topological polar surface area (TPSA) is 65.4 Å². The summed E-state index contributed by atoms with van der Waals surface area (Å²) in [7, 11) is 0. The summed E-state index contributed by atoms with van der Waals surface area (Å²) in [5, 5.41) is 3.55. The summed E-state index contributed by atoms with van der Waals surface area (Å²) in [4.78, 5) is 17.8. The number of anilines is 1. The van der Waals surface area contributed by atoms with Crippen LogP contribution < -0.4 is 14.8 Å². The van der Waals surface area contributed by atoms with E-state index in [2.05, 4.69) is 22.0 Å². The van der Waals surface area contributed by atoms with Crippen molar-refractivity contribution in [3.63, 3.8) is 0 Å². The monoisotopic (exact) mass is 421 g/mol. The molecule has 1 atom stereocenters. The number of rotatable bonds is 5. The van der Waals surface area contributed by atoms with Crippen LogP contribution in [-0.2, 0) is 17.6 Å². The fourth-order valence-electron chi connectivity index (χ4n) is 3.87. The Hall–Kier alpha value is -2.93. The molecule has 0 bridgehead atoms. The zero-order chi connectivity index (χ0) is 20.5. The summed E-state index contributed by atoms with van der Waals surface area (Å²) in [6.45, 7) is 2.13. The number of imidazole rings is 1. The van der Waals surface area contributed by atoms with Crippen molar-refractivity contribution >= 4 is 23.4 Å². The molecule has 30 heavy (non-hydrogen) atoms. The van der Waals surface area contributed by atoms with E-state index in [0.717, 1.165) is 29.4 Å². The van der Waals surface area contributed by atoms with Gasteiger partial charge in [0.25, 0.3) is 0 Å². The number of nitrogens with one attached hydrogen (secondary N) is 1. The van der Waals surface area contributed by atoms with Gasteiger partial charge in [0, 0.05) is 23.1 Å². The van der Waals surface area contributed by atoms with Gasteiger partial charge < -0.3 is 14.8 Å². The van der Waals surface area contributed by atoms with Crippen LogP contribution in [0.5, 0.6) is 11.5 Å².